The van der Waals surface area contributed by atoms with Gasteiger partial charge in [0.05, 0.1) is 19.0 Å². The van der Waals surface area contributed by atoms with Crippen LogP contribution in [0.4, 0.5) is 11.6 Å². The van der Waals surface area contributed by atoms with Gasteiger partial charge in [-0.25, -0.2) is 4.98 Å². The van der Waals surface area contributed by atoms with Crippen LogP contribution in [-0.2, 0) is 13.1 Å². The van der Waals surface area contributed by atoms with Crippen LogP contribution in [0.5, 0.6) is 0 Å². The van der Waals surface area contributed by atoms with Crippen molar-refractivity contribution >= 4 is 34.8 Å². The van der Waals surface area contributed by atoms with Crippen molar-refractivity contribution in [2.45, 2.75) is 33.4 Å². The first kappa shape index (κ1) is 20.9. The van der Waals surface area contributed by atoms with Crippen molar-refractivity contribution in [3.05, 3.63) is 85.8 Å². The first-order chi connectivity index (χ1) is 14.5. The number of aryl methyl sites for hydroxylation is 1. The molecule has 5 nitrogen and oxygen atoms in total. The van der Waals surface area contributed by atoms with Crippen molar-refractivity contribution in [2.75, 3.05) is 18.1 Å². The number of rotatable bonds is 5. The Hall–Kier alpha value is -2.34. The molecule has 0 aliphatic carbocycles. The van der Waals surface area contributed by atoms with E-state index >= 15 is 0 Å². The largest absolute Gasteiger partial charge is 0.298 e. The third-order valence-corrected chi connectivity index (χ3v) is 5.73. The van der Waals surface area contributed by atoms with Crippen molar-refractivity contribution in [3.63, 3.8) is 0 Å². The van der Waals surface area contributed by atoms with Crippen LogP contribution in [0.15, 0.2) is 53.3 Å². The van der Waals surface area contributed by atoms with Gasteiger partial charge in [-0.05, 0) is 37.1 Å². The van der Waals surface area contributed by atoms with Gasteiger partial charge < -0.3 is 0 Å². The number of benzene rings is 2. The average molecular weight is 443 g/mol. The highest BCUT2D eigenvalue weighted by Crippen LogP contribution is 2.32. The molecule has 2 aromatic carbocycles. The number of hydrogen-bond acceptors (Lipinski definition) is 4. The van der Waals surface area contributed by atoms with E-state index in [0.29, 0.717) is 35.8 Å². The molecule has 2 heterocycles. The van der Waals surface area contributed by atoms with Gasteiger partial charge >= 0.3 is 0 Å². The normalized spacial score (nSPS) is 14.1. The quantitative estimate of drug-likeness (QED) is 0.542. The van der Waals surface area contributed by atoms with Crippen LogP contribution < -0.4 is 10.5 Å². The topological polar surface area (TPSA) is 41.4 Å². The van der Waals surface area contributed by atoms with Crippen molar-refractivity contribution in [3.8, 4) is 0 Å². The SMILES string of the molecule is CCCN1CN(c2cc(Cl)cc(Cl)c2)c2nc(C)c(Cc3ccccc3)c(=O)n2C1. The summed E-state index contributed by atoms with van der Waals surface area (Å²) < 4.78 is 1.76. The van der Waals surface area contributed by atoms with Gasteiger partial charge in [-0.15, -0.1) is 0 Å². The summed E-state index contributed by atoms with van der Waals surface area (Å²) in [5.74, 6) is 0.625. The predicted molar refractivity (Wildman–Crippen MR) is 123 cm³/mol. The van der Waals surface area contributed by atoms with E-state index in [2.05, 4.69) is 11.8 Å². The Morgan fingerprint density at radius 1 is 1.03 bits per heavy atom. The Labute approximate surface area is 186 Å². The molecule has 0 saturated heterocycles. The summed E-state index contributed by atoms with van der Waals surface area (Å²) in [6.07, 6.45) is 1.56. The number of hydrogen-bond donors (Lipinski definition) is 0. The highest BCUT2D eigenvalue weighted by atomic mass is 35.5. The van der Waals surface area contributed by atoms with Crippen LogP contribution in [0.25, 0.3) is 0 Å². The molecular weight excluding hydrogens is 419 g/mol. The fourth-order valence-electron chi connectivity index (χ4n) is 3.88. The molecule has 0 N–H and O–H groups in total. The summed E-state index contributed by atoms with van der Waals surface area (Å²) in [4.78, 5) is 22.6. The lowest BCUT2D eigenvalue weighted by atomic mass is 10.1. The Morgan fingerprint density at radius 2 is 1.73 bits per heavy atom. The average Bonchev–Trinajstić information content (AvgIpc) is 2.71. The zero-order chi connectivity index (χ0) is 21.3. The van der Waals surface area contributed by atoms with Crippen LogP contribution in [0.1, 0.15) is 30.2 Å². The number of fused-ring (bicyclic) bond motifs is 1. The molecule has 156 valence electrons. The Kier molecular flexibility index (Phi) is 6.14. The lowest BCUT2D eigenvalue weighted by Gasteiger charge is -2.38. The summed E-state index contributed by atoms with van der Waals surface area (Å²) in [7, 11) is 0. The molecule has 0 spiro atoms. The molecule has 30 heavy (non-hydrogen) atoms. The lowest BCUT2D eigenvalue weighted by Crippen LogP contribution is -2.48. The molecule has 4 rings (SSSR count). The van der Waals surface area contributed by atoms with Gasteiger partial charge in [-0.3, -0.25) is 19.2 Å². The van der Waals surface area contributed by atoms with Crippen molar-refractivity contribution < 1.29 is 0 Å². The molecular formula is C23H24Cl2N4O. The summed E-state index contributed by atoms with van der Waals surface area (Å²) in [6.45, 7) is 6.05. The monoisotopic (exact) mass is 442 g/mol. The molecule has 0 unspecified atom stereocenters. The van der Waals surface area contributed by atoms with E-state index in [9.17, 15) is 4.79 Å². The zero-order valence-electron chi connectivity index (χ0n) is 17.1. The zero-order valence-corrected chi connectivity index (χ0v) is 18.6. The number of halogens is 2. The second-order valence-electron chi connectivity index (χ2n) is 7.60. The second-order valence-corrected chi connectivity index (χ2v) is 8.48. The van der Waals surface area contributed by atoms with Crippen LogP contribution in [-0.4, -0.2) is 27.7 Å². The van der Waals surface area contributed by atoms with Crippen molar-refractivity contribution in [1.82, 2.24) is 14.5 Å². The van der Waals surface area contributed by atoms with Crippen LogP contribution >= 0.6 is 23.2 Å². The number of anilines is 2. The summed E-state index contributed by atoms with van der Waals surface area (Å²) in [5, 5.41) is 1.10. The second kappa shape index (κ2) is 8.80. The van der Waals surface area contributed by atoms with E-state index in [4.69, 9.17) is 28.2 Å². The smallest absolute Gasteiger partial charge is 0.259 e. The van der Waals surface area contributed by atoms with Gasteiger partial charge in [0.2, 0.25) is 5.95 Å². The fourth-order valence-corrected chi connectivity index (χ4v) is 4.40. The minimum Gasteiger partial charge on any atom is -0.298 e. The highest BCUT2D eigenvalue weighted by Gasteiger charge is 2.28. The molecule has 0 saturated carbocycles. The first-order valence-corrected chi connectivity index (χ1v) is 10.8. The minimum atomic E-state index is 0.000260. The highest BCUT2D eigenvalue weighted by molar-refractivity contribution is 6.35. The van der Waals surface area contributed by atoms with Gasteiger partial charge in [0, 0.05) is 34.3 Å². The fraction of sp³-hybridized carbons (Fsp3) is 0.304. The van der Waals surface area contributed by atoms with E-state index < -0.39 is 0 Å². The molecule has 1 aliphatic rings. The molecule has 0 radical (unpaired) electrons. The predicted octanol–water partition coefficient (Wildman–Crippen LogP) is 5.23. The van der Waals surface area contributed by atoms with Gasteiger partial charge in [0.15, 0.2) is 0 Å². The molecule has 0 amide bonds. The molecule has 7 heteroatoms. The molecule has 0 atom stereocenters. The number of nitrogens with zero attached hydrogens (tertiary/aromatic N) is 4. The van der Waals surface area contributed by atoms with E-state index in [0.717, 1.165) is 35.5 Å². The van der Waals surface area contributed by atoms with Crippen LogP contribution in [0, 0.1) is 6.92 Å². The van der Waals surface area contributed by atoms with Gasteiger partial charge in [-0.2, -0.15) is 0 Å². The van der Waals surface area contributed by atoms with E-state index in [1.807, 2.05) is 54.3 Å². The molecule has 3 aromatic rings. The van der Waals surface area contributed by atoms with Gasteiger partial charge in [0.25, 0.3) is 5.56 Å². The maximum Gasteiger partial charge on any atom is 0.259 e. The molecule has 0 fully saturated rings. The lowest BCUT2D eigenvalue weighted by molar-refractivity contribution is 0.198. The van der Waals surface area contributed by atoms with Gasteiger partial charge in [-0.1, -0.05) is 60.5 Å². The van der Waals surface area contributed by atoms with E-state index in [1.165, 1.54) is 0 Å². The van der Waals surface area contributed by atoms with Crippen LogP contribution in [0.2, 0.25) is 10.0 Å². The standard InChI is InChI=1S/C23H24Cl2N4O/c1-3-9-27-14-28(20-12-18(24)11-19(25)13-20)23-26-16(2)21(22(30)29(23)15-27)10-17-7-5-4-6-8-17/h4-8,11-13H,3,9-10,14-15H2,1-2H3. The summed E-state index contributed by atoms with van der Waals surface area (Å²) in [6, 6.07) is 15.4. The molecule has 1 aromatic heterocycles. The van der Waals surface area contributed by atoms with Gasteiger partial charge in [0.1, 0.15) is 0 Å². The minimum absolute atomic E-state index is 0.000260. The summed E-state index contributed by atoms with van der Waals surface area (Å²) in [5.41, 5.74) is 3.40. The number of aromatic nitrogens is 2. The van der Waals surface area contributed by atoms with E-state index in [1.54, 1.807) is 10.6 Å². The Bertz CT molecular complexity index is 1090. The molecule has 0 bridgehead atoms. The molecule has 1 aliphatic heterocycles. The Balaban J connectivity index is 1.83. The van der Waals surface area contributed by atoms with Crippen molar-refractivity contribution in [1.29, 1.82) is 0 Å². The third kappa shape index (κ3) is 4.24. The van der Waals surface area contributed by atoms with E-state index in [-0.39, 0.29) is 5.56 Å². The third-order valence-electron chi connectivity index (χ3n) is 5.30. The maximum atomic E-state index is 13.5. The Morgan fingerprint density at radius 3 is 2.40 bits per heavy atom. The summed E-state index contributed by atoms with van der Waals surface area (Å²) >= 11 is 12.5. The van der Waals surface area contributed by atoms with Crippen LogP contribution in [0.3, 0.4) is 0 Å². The van der Waals surface area contributed by atoms with Crippen molar-refractivity contribution in [2.24, 2.45) is 0 Å². The first-order valence-electron chi connectivity index (χ1n) is 10.1. The maximum absolute atomic E-state index is 13.5.